The zero-order valence-electron chi connectivity index (χ0n) is 15.3. The normalized spacial score (nSPS) is 18.7. The summed E-state index contributed by atoms with van der Waals surface area (Å²) in [4.78, 5) is 0. The van der Waals surface area contributed by atoms with Gasteiger partial charge in [-0.25, -0.2) is 0 Å². The Labute approximate surface area is 166 Å². The van der Waals surface area contributed by atoms with Gasteiger partial charge in [-0.15, -0.1) is 0 Å². The van der Waals surface area contributed by atoms with Gasteiger partial charge in [-0.3, -0.25) is 0 Å². The van der Waals surface area contributed by atoms with Crippen molar-refractivity contribution < 1.29 is 4.43 Å². The molecule has 3 rings (SSSR count). The van der Waals surface area contributed by atoms with E-state index in [9.17, 15) is 0 Å². The van der Waals surface area contributed by atoms with Gasteiger partial charge in [0.15, 0.2) is 0 Å². The summed E-state index contributed by atoms with van der Waals surface area (Å²) >= 11 is 2.48. The summed E-state index contributed by atoms with van der Waals surface area (Å²) in [5.41, 5.74) is 0. The van der Waals surface area contributed by atoms with Gasteiger partial charge >= 0.3 is 0 Å². The molecule has 0 fully saturated rings. The summed E-state index contributed by atoms with van der Waals surface area (Å²) in [6.45, 7) is 7.04. The second-order valence-electron chi connectivity index (χ2n) is 7.79. The monoisotopic (exact) mass is 462 g/mol. The minimum Gasteiger partial charge on any atom is -0.400 e. The highest BCUT2D eigenvalue weighted by molar-refractivity contribution is 14.1. The van der Waals surface area contributed by atoms with Crippen LogP contribution in [-0.2, 0) is 4.43 Å². The van der Waals surface area contributed by atoms with Gasteiger partial charge in [-0.05, 0) is 57.3 Å². The molecule has 0 radical (unpaired) electrons. The average molecular weight is 462 g/mol. The van der Waals surface area contributed by atoms with Crippen molar-refractivity contribution in [2.75, 3.05) is 0 Å². The lowest BCUT2D eigenvalue weighted by Gasteiger charge is -2.45. The third-order valence-electron chi connectivity index (χ3n) is 5.05. The molecule has 0 aromatic heterocycles. The quantitative estimate of drug-likeness (QED) is 0.435. The molecule has 0 saturated carbocycles. The molecule has 25 heavy (non-hydrogen) atoms. The predicted octanol–water partition coefficient (Wildman–Crippen LogP) is 5.43. The van der Waals surface area contributed by atoms with Crippen LogP contribution in [0.2, 0.25) is 5.04 Å². The molecule has 1 unspecified atom stereocenters. The summed E-state index contributed by atoms with van der Waals surface area (Å²) in [5.74, 6) is 0. The molecule has 0 bridgehead atoms. The van der Waals surface area contributed by atoms with Crippen molar-refractivity contribution in [2.45, 2.75) is 51.2 Å². The van der Waals surface area contributed by atoms with Crippen molar-refractivity contribution in [1.29, 1.82) is 0 Å². The molecule has 0 aliphatic heterocycles. The van der Waals surface area contributed by atoms with E-state index in [0.29, 0.717) is 0 Å². The van der Waals surface area contributed by atoms with Crippen LogP contribution >= 0.6 is 22.6 Å². The van der Waals surface area contributed by atoms with Crippen LogP contribution < -0.4 is 10.4 Å². The van der Waals surface area contributed by atoms with Crippen LogP contribution in [0.1, 0.15) is 40.0 Å². The fourth-order valence-electron chi connectivity index (χ4n) is 3.83. The summed E-state index contributed by atoms with van der Waals surface area (Å²) in [5, 5.41) is 2.77. The van der Waals surface area contributed by atoms with Gasteiger partial charge in [0.1, 0.15) is 0 Å². The first-order valence-corrected chi connectivity index (χ1v) is 12.1. The second kappa shape index (κ2) is 7.76. The maximum atomic E-state index is 7.19. The molecular weight excluding hydrogens is 435 g/mol. The van der Waals surface area contributed by atoms with Crippen LogP contribution in [0.3, 0.4) is 0 Å². The lowest BCUT2D eigenvalue weighted by atomic mass is 10.1. The third kappa shape index (κ3) is 3.78. The predicted molar refractivity (Wildman–Crippen MR) is 118 cm³/mol. The minimum absolute atomic E-state index is 0.0457. The third-order valence-corrected chi connectivity index (χ3v) is 11.2. The summed E-state index contributed by atoms with van der Waals surface area (Å²) in [6, 6.07) is 21.9. The molecule has 3 heteroatoms. The molecule has 0 heterocycles. The van der Waals surface area contributed by atoms with Crippen molar-refractivity contribution in [1.82, 2.24) is 0 Å². The number of rotatable bonds is 4. The van der Waals surface area contributed by atoms with E-state index >= 15 is 0 Å². The maximum absolute atomic E-state index is 7.19. The molecule has 0 amide bonds. The molecular formula is C22H27IOSi. The second-order valence-corrected chi connectivity index (χ2v) is 13.3. The highest BCUT2D eigenvalue weighted by Crippen LogP contribution is 2.40. The van der Waals surface area contributed by atoms with E-state index in [-0.39, 0.29) is 11.1 Å². The number of halogens is 1. The van der Waals surface area contributed by atoms with Crippen LogP contribution in [0.5, 0.6) is 0 Å². The van der Waals surface area contributed by atoms with E-state index in [0.717, 1.165) is 6.42 Å². The van der Waals surface area contributed by atoms with Crippen molar-refractivity contribution in [2.24, 2.45) is 0 Å². The fraction of sp³-hybridized carbons (Fsp3) is 0.364. The molecule has 0 saturated heterocycles. The molecule has 1 aliphatic carbocycles. The molecule has 1 nitrogen and oxygen atoms in total. The smallest absolute Gasteiger partial charge is 0.261 e. The van der Waals surface area contributed by atoms with Gasteiger partial charge in [0, 0.05) is 3.58 Å². The van der Waals surface area contributed by atoms with Crippen LogP contribution in [0.4, 0.5) is 0 Å². The van der Waals surface area contributed by atoms with Crippen molar-refractivity contribution in [3.05, 3.63) is 70.3 Å². The first-order chi connectivity index (χ1) is 11.9. The van der Waals surface area contributed by atoms with E-state index < -0.39 is 8.32 Å². The summed E-state index contributed by atoms with van der Waals surface area (Å²) < 4.78 is 8.56. The Hall–Kier alpha value is -0.913. The Morgan fingerprint density at radius 1 is 0.920 bits per heavy atom. The molecule has 1 atom stereocenters. The first kappa shape index (κ1) is 18.9. The van der Waals surface area contributed by atoms with Crippen LogP contribution in [0, 0.1) is 0 Å². The number of hydrogen-bond acceptors (Lipinski definition) is 1. The van der Waals surface area contributed by atoms with Gasteiger partial charge in [0.05, 0.1) is 6.10 Å². The number of benzene rings is 2. The van der Waals surface area contributed by atoms with Gasteiger partial charge in [0.25, 0.3) is 8.32 Å². The Morgan fingerprint density at radius 2 is 1.44 bits per heavy atom. The Balaban J connectivity index is 2.19. The largest absolute Gasteiger partial charge is 0.400 e. The summed E-state index contributed by atoms with van der Waals surface area (Å²) in [6.07, 6.45) is 6.10. The molecule has 1 aliphatic rings. The number of hydrogen-bond donors (Lipinski definition) is 0. The molecule has 0 N–H and O–H groups in total. The highest BCUT2D eigenvalue weighted by atomic mass is 127. The fourth-order valence-corrected chi connectivity index (χ4v) is 9.51. The molecule has 2 aromatic rings. The van der Waals surface area contributed by atoms with E-state index in [2.05, 4.69) is 110 Å². The molecule has 2 aromatic carbocycles. The molecule has 0 spiro atoms. The van der Waals surface area contributed by atoms with Gasteiger partial charge in [0.2, 0.25) is 0 Å². The molecule has 132 valence electrons. The SMILES string of the molecule is CC(C)(C)[Si](OC1CCCC=C1I)(c1ccccc1)c1ccccc1. The first-order valence-electron chi connectivity index (χ1n) is 9.09. The topological polar surface area (TPSA) is 9.23 Å². The Morgan fingerprint density at radius 3 is 1.88 bits per heavy atom. The summed E-state index contributed by atoms with van der Waals surface area (Å²) in [7, 11) is -2.42. The minimum atomic E-state index is -2.42. The van der Waals surface area contributed by atoms with Crippen LogP contribution in [0.15, 0.2) is 70.3 Å². The lowest BCUT2D eigenvalue weighted by Crippen LogP contribution is -2.67. The Kier molecular flexibility index (Phi) is 5.86. The van der Waals surface area contributed by atoms with Gasteiger partial charge in [-0.2, -0.15) is 0 Å². The zero-order valence-corrected chi connectivity index (χ0v) is 18.5. The van der Waals surface area contributed by atoms with Crippen molar-refractivity contribution >= 4 is 41.3 Å². The van der Waals surface area contributed by atoms with Crippen molar-refractivity contribution in [3.8, 4) is 0 Å². The van der Waals surface area contributed by atoms with E-state index in [1.807, 2.05) is 0 Å². The van der Waals surface area contributed by atoms with E-state index in [1.165, 1.54) is 26.8 Å². The average Bonchev–Trinajstić information content (AvgIpc) is 2.61. The lowest BCUT2D eigenvalue weighted by molar-refractivity contribution is 0.213. The standard InChI is InChI=1S/C22H27IOSi/c1-22(2,3)25(18-12-6-4-7-13-18,19-14-8-5-9-15-19)24-21-17-11-10-16-20(21)23/h4-9,12-16,21H,10-11,17H2,1-3H3. The van der Waals surface area contributed by atoms with Gasteiger partial charge in [-0.1, -0.05) is 87.5 Å². The zero-order chi connectivity index (χ0) is 17.9. The van der Waals surface area contributed by atoms with Crippen molar-refractivity contribution in [3.63, 3.8) is 0 Å². The number of allylic oxidation sites excluding steroid dienone is 1. The maximum Gasteiger partial charge on any atom is 0.261 e. The van der Waals surface area contributed by atoms with Crippen LogP contribution in [0.25, 0.3) is 0 Å². The Bertz CT molecular complexity index is 679. The van der Waals surface area contributed by atoms with E-state index in [4.69, 9.17) is 4.43 Å². The van der Waals surface area contributed by atoms with E-state index in [1.54, 1.807) is 0 Å². The van der Waals surface area contributed by atoms with Crippen LogP contribution in [-0.4, -0.2) is 14.4 Å². The highest BCUT2D eigenvalue weighted by Gasteiger charge is 2.51. The van der Waals surface area contributed by atoms with Gasteiger partial charge < -0.3 is 4.43 Å².